The third kappa shape index (κ3) is 8.55. The van der Waals surface area contributed by atoms with Gasteiger partial charge >= 0.3 is 0 Å². The Morgan fingerprint density at radius 2 is 2.04 bits per heavy atom. The van der Waals surface area contributed by atoms with Crippen LogP contribution in [0.15, 0.2) is 47.7 Å². The van der Waals surface area contributed by atoms with E-state index in [0.29, 0.717) is 6.61 Å². The highest BCUT2D eigenvalue weighted by atomic mass is 127. The second-order valence-corrected chi connectivity index (χ2v) is 5.78. The van der Waals surface area contributed by atoms with Gasteiger partial charge in [-0.3, -0.25) is 9.67 Å². The van der Waals surface area contributed by atoms with Gasteiger partial charge in [-0.1, -0.05) is 18.2 Å². The van der Waals surface area contributed by atoms with Crippen molar-refractivity contribution in [1.29, 1.82) is 0 Å². The van der Waals surface area contributed by atoms with Gasteiger partial charge in [0.1, 0.15) is 5.75 Å². The number of aromatic nitrogens is 2. The van der Waals surface area contributed by atoms with Gasteiger partial charge in [0, 0.05) is 45.0 Å². The van der Waals surface area contributed by atoms with Crippen LogP contribution in [0.4, 0.5) is 0 Å². The Morgan fingerprint density at radius 3 is 2.77 bits per heavy atom. The predicted molar refractivity (Wildman–Crippen MR) is 118 cm³/mol. The van der Waals surface area contributed by atoms with E-state index >= 15 is 0 Å². The van der Waals surface area contributed by atoms with E-state index in [-0.39, 0.29) is 24.0 Å². The first-order valence-electron chi connectivity index (χ1n) is 8.97. The van der Waals surface area contributed by atoms with E-state index in [1.54, 1.807) is 6.20 Å². The van der Waals surface area contributed by atoms with Crippen molar-refractivity contribution < 1.29 is 4.74 Å². The van der Waals surface area contributed by atoms with Gasteiger partial charge in [-0.05, 0) is 38.0 Å². The van der Waals surface area contributed by atoms with Gasteiger partial charge in [-0.25, -0.2) is 0 Å². The molecule has 0 unspecified atom stereocenters. The SMILES string of the molecule is CCNC(=NCCCOc1ccccc1C)NCCCn1cccn1.I. The van der Waals surface area contributed by atoms with E-state index in [9.17, 15) is 0 Å². The summed E-state index contributed by atoms with van der Waals surface area (Å²) in [4.78, 5) is 4.59. The molecule has 1 aromatic heterocycles. The molecule has 1 aromatic carbocycles. The standard InChI is InChI=1S/C19H29N5O.HI/c1-3-20-19(21-11-6-14-24-15-7-13-23-24)22-12-8-16-25-18-10-5-4-9-17(18)2;/h4-5,7,9-10,13,15H,3,6,8,11-12,14,16H2,1-2H3,(H2,20,21,22);1H. The second kappa shape index (κ2) is 13.4. The molecule has 0 amide bonds. The largest absolute Gasteiger partial charge is 0.493 e. The maximum absolute atomic E-state index is 5.80. The van der Waals surface area contributed by atoms with Crippen LogP contribution in [0.3, 0.4) is 0 Å². The molecule has 26 heavy (non-hydrogen) atoms. The van der Waals surface area contributed by atoms with Crippen molar-refractivity contribution in [2.75, 3.05) is 26.2 Å². The summed E-state index contributed by atoms with van der Waals surface area (Å²) in [7, 11) is 0. The minimum absolute atomic E-state index is 0. The van der Waals surface area contributed by atoms with Crippen LogP contribution in [0.1, 0.15) is 25.3 Å². The summed E-state index contributed by atoms with van der Waals surface area (Å²) in [5.41, 5.74) is 1.16. The van der Waals surface area contributed by atoms with Crippen molar-refractivity contribution in [2.45, 2.75) is 33.2 Å². The van der Waals surface area contributed by atoms with E-state index in [2.05, 4.69) is 40.6 Å². The van der Waals surface area contributed by atoms with Crippen molar-refractivity contribution in [2.24, 2.45) is 4.99 Å². The smallest absolute Gasteiger partial charge is 0.191 e. The highest BCUT2D eigenvalue weighted by Crippen LogP contribution is 2.16. The molecule has 144 valence electrons. The van der Waals surface area contributed by atoms with Crippen LogP contribution in [0.2, 0.25) is 0 Å². The molecule has 0 bridgehead atoms. The fourth-order valence-electron chi connectivity index (χ4n) is 2.38. The molecule has 0 aliphatic rings. The number of rotatable bonds is 10. The summed E-state index contributed by atoms with van der Waals surface area (Å²) in [6.45, 7) is 8.17. The first-order valence-corrected chi connectivity index (χ1v) is 8.97. The molecule has 0 aliphatic heterocycles. The quantitative estimate of drug-likeness (QED) is 0.242. The monoisotopic (exact) mass is 471 g/mol. The zero-order chi connectivity index (χ0) is 17.7. The lowest BCUT2D eigenvalue weighted by molar-refractivity contribution is 0.311. The normalized spacial score (nSPS) is 10.9. The maximum Gasteiger partial charge on any atom is 0.191 e. The van der Waals surface area contributed by atoms with Crippen LogP contribution in [-0.2, 0) is 6.54 Å². The first-order chi connectivity index (χ1) is 12.3. The highest BCUT2D eigenvalue weighted by Gasteiger charge is 1.99. The molecule has 2 N–H and O–H groups in total. The molecule has 2 rings (SSSR count). The lowest BCUT2D eigenvalue weighted by Gasteiger charge is -2.12. The second-order valence-electron chi connectivity index (χ2n) is 5.78. The fraction of sp³-hybridized carbons (Fsp3) is 0.474. The molecule has 0 saturated carbocycles. The molecule has 0 saturated heterocycles. The van der Waals surface area contributed by atoms with Gasteiger partial charge in [-0.2, -0.15) is 5.10 Å². The molecule has 1 heterocycles. The van der Waals surface area contributed by atoms with Gasteiger partial charge in [0.2, 0.25) is 0 Å². The Morgan fingerprint density at radius 1 is 1.19 bits per heavy atom. The fourth-order valence-corrected chi connectivity index (χ4v) is 2.38. The minimum Gasteiger partial charge on any atom is -0.493 e. The molecule has 0 spiro atoms. The lowest BCUT2D eigenvalue weighted by Crippen LogP contribution is -2.38. The van der Waals surface area contributed by atoms with Crippen LogP contribution in [-0.4, -0.2) is 42.0 Å². The molecular weight excluding hydrogens is 441 g/mol. The Hall–Kier alpha value is -1.77. The van der Waals surface area contributed by atoms with E-state index in [1.807, 2.05) is 35.1 Å². The van der Waals surface area contributed by atoms with Crippen molar-refractivity contribution in [3.63, 3.8) is 0 Å². The summed E-state index contributed by atoms with van der Waals surface area (Å²) in [6.07, 6.45) is 5.67. The third-order valence-corrected chi connectivity index (χ3v) is 3.68. The number of benzene rings is 1. The molecule has 0 radical (unpaired) electrons. The molecular formula is C19H30IN5O. The lowest BCUT2D eigenvalue weighted by atomic mass is 10.2. The molecule has 6 nitrogen and oxygen atoms in total. The number of ether oxygens (including phenoxy) is 1. The highest BCUT2D eigenvalue weighted by molar-refractivity contribution is 14.0. The summed E-state index contributed by atoms with van der Waals surface area (Å²) in [5.74, 6) is 1.81. The van der Waals surface area contributed by atoms with Crippen molar-refractivity contribution in [1.82, 2.24) is 20.4 Å². The van der Waals surface area contributed by atoms with E-state index in [4.69, 9.17) is 4.74 Å². The first kappa shape index (κ1) is 22.3. The Bertz CT molecular complexity index is 631. The number of nitrogens with zero attached hydrogens (tertiary/aromatic N) is 3. The maximum atomic E-state index is 5.80. The molecule has 0 aliphatic carbocycles. The predicted octanol–water partition coefficient (Wildman–Crippen LogP) is 3.22. The van der Waals surface area contributed by atoms with E-state index in [1.165, 1.54) is 0 Å². The van der Waals surface area contributed by atoms with Gasteiger partial charge in [-0.15, -0.1) is 24.0 Å². The van der Waals surface area contributed by atoms with E-state index < -0.39 is 0 Å². The number of hydrogen-bond acceptors (Lipinski definition) is 3. The van der Waals surface area contributed by atoms with Crippen LogP contribution >= 0.6 is 24.0 Å². The summed E-state index contributed by atoms with van der Waals surface area (Å²) < 4.78 is 7.74. The number of nitrogens with one attached hydrogen (secondary N) is 2. The van der Waals surface area contributed by atoms with Gasteiger partial charge in [0.05, 0.1) is 6.61 Å². The number of guanidine groups is 1. The van der Waals surface area contributed by atoms with Crippen LogP contribution in [0, 0.1) is 6.92 Å². The van der Waals surface area contributed by atoms with E-state index in [0.717, 1.165) is 56.3 Å². The molecule has 0 fully saturated rings. The Labute approximate surface area is 173 Å². The van der Waals surface area contributed by atoms with Crippen molar-refractivity contribution >= 4 is 29.9 Å². The van der Waals surface area contributed by atoms with Gasteiger partial charge < -0.3 is 15.4 Å². The van der Waals surface area contributed by atoms with Crippen molar-refractivity contribution in [3.8, 4) is 5.75 Å². The van der Waals surface area contributed by atoms with Crippen LogP contribution in [0.5, 0.6) is 5.75 Å². The molecule has 2 aromatic rings. The van der Waals surface area contributed by atoms with Gasteiger partial charge in [0.15, 0.2) is 5.96 Å². The summed E-state index contributed by atoms with van der Waals surface area (Å²) in [5, 5.41) is 10.8. The average molecular weight is 471 g/mol. The zero-order valence-corrected chi connectivity index (χ0v) is 18.0. The number of halogens is 1. The summed E-state index contributed by atoms with van der Waals surface area (Å²) >= 11 is 0. The third-order valence-electron chi connectivity index (χ3n) is 3.68. The van der Waals surface area contributed by atoms with Crippen molar-refractivity contribution in [3.05, 3.63) is 48.3 Å². The Balaban J connectivity index is 0.00000338. The number of hydrogen-bond donors (Lipinski definition) is 2. The average Bonchev–Trinajstić information content (AvgIpc) is 3.13. The number of aliphatic imine (C=N–C) groups is 1. The summed E-state index contributed by atoms with van der Waals surface area (Å²) in [6, 6.07) is 10.0. The van der Waals surface area contributed by atoms with Gasteiger partial charge in [0.25, 0.3) is 0 Å². The Kier molecular flexibility index (Phi) is 11.5. The molecule has 7 heteroatoms. The topological polar surface area (TPSA) is 63.5 Å². The minimum atomic E-state index is 0. The zero-order valence-electron chi connectivity index (χ0n) is 15.6. The number of aryl methyl sites for hydroxylation is 2. The van der Waals surface area contributed by atoms with Crippen LogP contribution in [0.25, 0.3) is 0 Å². The number of para-hydroxylation sites is 1. The molecule has 0 atom stereocenters. The van der Waals surface area contributed by atoms with Crippen LogP contribution < -0.4 is 15.4 Å².